The van der Waals surface area contributed by atoms with Gasteiger partial charge in [0.05, 0.1) is 18.4 Å². The van der Waals surface area contributed by atoms with Crippen LogP contribution < -0.4 is 21.3 Å². The van der Waals surface area contributed by atoms with E-state index in [9.17, 15) is 14.4 Å². The molecule has 0 bridgehead atoms. The van der Waals surface area contributed by atoms with Crippen molar-refractivity contribution in [2.24, 2.45) is 5.41 Å². The van der Waals surface area contributed by atoms with E-state index < -0.39 is 5.41 Å². The van der Waals surface area contributed by atoms with E-state index in [0.717, 1.165) is 5.69 Å². The highest BCUT2D eigenvalue weighted by molar-refractivity contribution is 6.29. The van der Waals surface area contributed by atoms with Crippen LogP contribution in [0.25, 0.3) is 0 Å². The lowest BCUT2D eigenvalue weighted by Gasteiger charge is -2.25. The molecule has 0 spiro atoms. The first kappa shape index (κ1) is 31.7. The van der Waals surface area contributed by atoms with Gasteiger partial charge < -0.3 is 26.0 Å². The molecule has 9 heteroatoms. The zero-order chi connectivity index (χ0) is 27.0. The molecule has 0 saturated carbocycles. The lowest BCUT2D eigenvalue weighted by atomic mass is 9.88. The first-order valence-corrected chi connectivity index (χ1v) is 11.5. The van der Waals surface area contributed by atoms with Crippen molar-refractivity contribution in [1.82, 2.24) is 16.0 Å². The lowest BCUT2D eigenvalue weighted by Crippen LogP contribution is -2.38. The number of hydrogen-bond donors (Lipinski definition) is 4. The lowest BCUT2D eigenvalue weighted by molar-refractivity contribution is -0.124. The molecule has 0 aliphatic heterocycles. The van der Waals surface area contributed by atoms with Crippen LogP contribution in [0.5, 0.6) is 0 Å². The minimum Gasteiger partial charge on any atom is -0.501 e. The van der Waals surface area contributed by atoms with Crippen molar-refractivity contribution in [3.8, 4) is 0 Å². The monoisotopic (exact) mass is 506 g/mol. The van der Waals surface area contributed by atoms with Gasteiger partial charge >= 0.3 is 0 Å². The molecule has 1 aromatic rings. The second-order valence-corrected chi connectivity index (χ2v) is 9.10. The van der Waals surface area contributed by atoms with E-state index in [-0.39, 0.29) is 30.5 Å². The predicted molar refractivity (Wildman–Crippen MR) is 143 cm³/mol. The number of para-hydroxylation sites is 1. The number of rotatable bonds is 11. The van der Waals surface area contributed by atoms with Gasteiger partial charge in [0.15, 0.2) is 6.29 Å². The maximum Gasteiger partial charge on any atom is 0.254 e. The molecule has 4 N–H and O–H groups in total. The second kappa shape index (κ2) is 16.4. The van der Waals surface area contributed by atoms with Crippen LogP contribution in [0.15, 0.2) is 64.2 Å². The third-order valence-electron chi connectivity index (χ3n) is 4.87. The standard InChI is InChI=1S/C19H30ClN3O4.C7H9N/c1-12(20)8-15(14(3)27-7)18(26)22-11-19(4,5)9-17(25)23-16(10-24)13(2)21-6;1-8-7-5-3-2-4-6-7/h8,10,21H,9,11H2,1-7H3,(H,22,26)(H,23,25);2-6,8H,1H3/b12-8+,15-14-,16-13+;. The zero-order valence-corrected chi connectivity index (χ0v) is 22.7. The highest BCUT2D eigenvalue weighted by Gasteiger charge is 2.24. The summed E-state index contributed by atoms with van der Waals surface area (Å²) in [5.74, 6) is -0.222. The van der Waals surface area contributed by atoms with E-state index in [2.05, 4.69) is 21.3 Å². The Labute approximate surface area is 214 Å². The number of ether oxygens (including phenoxy) is 1. The molecule has 0 aliphatic carbocycles. The van der Waals surface area contributed by atoms with Crippen molar-refractivity contribution in [3.63, 3.8) is 0 Å². The Kier molecular flexibility index (Phi) is 14.9. The first-order chi connectivity index (χ1) is 16.4. The predicted octanol–water partition coefficient (Wildman–Crippen LogP) is 4.08. The maximum absolute atomic E-state index is 12.4. The second-order valence-electron chi connectivity index (χ2n) is 8.50. The number of amides is 2. The summed E-state index contributed by atoms with van der Waals surface area (Å²) in [5, 5.41) is 11.7. The summed E-state index contributed by atoms with van der Waals surface area (Å²) in [6, 6.07) is 10.1. The third kappa shape index (κ3) is 13.3. The largest absolute Gasteiger partial charge is 0.501 e. The molecule has 1 aromatic carbocycles. The molecule has 0 heterocycles. The van der Waals surface area contributed by atoms with Crippen molar-refractivity contribution in [2.75, 3.05) is 33.1 Å². The fourth-order valence-electron chi connectivity index (χ4n) is 2.69. The number of carbonyl (C=O) groups excluding carboxylic acids is 3. The van der Waals surface area contributed by atoms with Crippen molar-refractivity contribution >= 4 is 35.4 Å². The van der Waals surface area contributed by atoms with E-state index in [1.165, 1.54) is 13.2 Å². The SMILES string of the molecule is CN/C(C)=C(\C=O)NC(=O)CC(C)(C)CNC(=O)C(/C=C(\C)Cl)=C(/C)OC.CNc1ccccc1. The van der Waals surface area contributed by atoms with Crippen molar-refractivity contribution < 1.29 is 19.1 Å². The van der Waals surface area contributed by atoms with E-state index in [4.69, 9.17) is 16.3 Å². The van der Waals surface area contributed by atoms with Crippen LogP contribution >= 0.6 is 11.6 Å². The quantitative estimate of drug-likeness (QED) is 0.156. The number of carbonyl (C=O) groups is 3. The summed E-state index contributed by atoms with van der Waals surface area (Å²) < 4.78 is 5.13. The third-order valence-corrected chi connectivity index (χ3v) is 4.98. The molecule has 35 heavy (non-hydrogen) atoms. The van der Waals surface area contributed by atoms with Crippen LogP contribution in [0.1, 0.15) is 41.0 Å². The Hall–Kier alpha value is -3.26. The molecule has 0 aliphatic rings. The smallest absolute Gasteiger partial charge is 0.254 e. The minimum absolute atomic E-state index is 0.119. The van der Waals surface area contributed by atoms with Crippen LogP contribution in [-0.4, -0.2) is 45.9 Å². The van der Waals surface area contributed by atoms with Gasteiger partial charge in [-0.1, -0.05) is 43.6 Å². The van der Waals surface area contributed by atoms with Crippen LogP contribution in [0.2, 0.25) is 0 Å². The van der Waals surface area contributed by atoms with Crippen molar-refractivity contribution in [1.29, 1.82) is 0 Å². The molecule has 2 amide bonds. The van der Waals surface area contributed by atoms with Gasteiger partial charge in [0, 0.05) is 43.5 Å². The van der Waals surface area contributed by atoms with Gasteiger partial charge in [-0.05, 0) is 44.4 Å². The number of halogens is 1. The fourth-order valence-corrected chi connectivity index (χ4v) is 2.80. The van der Waals surface area contributed by atoms with Crippen LogP contribution in [-0.2, 0) is 19.1 Å². The Balaban J connectivity index is 0.00000121. The number of hydrogen-bond acceptors (Lipinski definition) is 6. The number of anilines is 1. The van der Waals surface area contributed by atoms with Crippen LogP contribution in [0.4, 0.5) is 5.69 Å². The van der Waals surface area contributed by atoms with Gasteiger partial charge in [-0.3, -0.25) is 14.4 Å². The molecule has 0 atom stereocenters. The summed E-state index contributed by atoms with van der Waals surface area (Å²) in [6.45, 7) is 8.96. The Morgan fingerprint density at radius 2 is 1.69 bits per heavy atom. The topological polar surface area (TPSA) is 109 Å². The molecule has 0 saturated heterocycles. The average molecular weight is 507 g/mol. The maximum atomic E-state index is 12.4. The number of methoxy groups -OCH3 is 1. The molecule has 0 fully saturated rings. The van der Waals surface area contributed by atoms with Crippen LogP contribution in [0.3, 0.4) is 0 Å². The van der Waals surface area contributed by atoms with E-state index in [1.54, 1.807) is 27.8 Å². The van der Waals surface area contributed by atoms with Gasteiger partial charge in [-0.25, -0.2) is 0 Å². The van der Waals surface area contributed by atoms with Gasteiger partial charge in [-0.15, -0.1) is 0 Å². The van der Waals surface area contributed by atoms with Crippen molar-refractivity contribution in [3.05, 3.63) is 64.2 Å². The Bertz CT molecular complexity index is 934. The number of aldehydes is 1. The molecule has 0 aromatic heterocycles. The molecule has 0 radical (unpaired) electrons. The van der Waals surface area contributed by atoms with Gasteiger partial charge in [-0.2, -0.15) is 0 Å². The van der Waals surface area contributed by atoms with E-state index >= 15 is 0 Å². The normalized spacial score (nSPS) is 12.7. The fraction of sp³-hybridized carbons (Fsp3) is 0.423. The van der Waals surface area contributed by atoms with Gasteiger partial charge in [0.1, 0.15) is 5.76 Å². The summed E-state index contributed by atoms with van der Waals surface area (Å²) in [5.41, 5.74) is 1.70. The van der Waals surface area contributed by atoms with Crippen LogP contribution in [0, 0.1) is 5.41 Å². The average Bonchev–Trinajstić information content (AvgIpc) is 2.83. The highest BCUT2D eigenvalue weighted by Crippen LogP contribution is 2.20. The first-order valence-electron chi connectivity index (χ1n) is 11.1. The number of allylic oxidation sites excluding steroid dienone is 4. The van der Waals surface area contributed by atoms with Gasteiger partial charge in [0.2, 0.25) is 5.91 Å². The minimum atomic E-state index is -0.535. The number of benzene rings is 1. The van der Waals surface area contributed by atoms with Crippen molar-refractivity contribution in [2.45, 2.75) is 41.0 Å². The van der Waals surface area contributed by atoms with E-state index in [1.807, 2.05) is 51.2 Å². The highest BCUT2D eigenvalue weighted by atomic mass is 35.5. The molecule has 8 nitrogen and oxygen atoms in total. The summed E-state index contributed by atoms with van der Waals surface area (Å²) in [6.07, 6.45) is 2.23. The molecular weight excluding hydrogens is 468 g/mol. The molecule has 194 valence electrons. The molecular formula is C26H39ClN4O4. The summed E-state index contributed by atoms with van der Waals surface area (Å²) in [7, 11) is 5.05. The molecule has 1 rings (SSSR count). The summed E-state index contributed by atoms with van der Waals surface area (Å²) in [4.78, 5) is 35.7. The number of nitrogens with one attached hydrogen (secondary N) is 4. The molecule has 0 unspecified atom stereocenters. The Morgan fingerprint density at radius 3 is 2.11 bits per heavy atom. The van der Waals surface area contributed by atoms with Gasteiger partial charge in [0.25, 0.3) is 5.91 Å². The summed E-state index contributed by atoms with van der Waals surface area (Å²) >= 11 is 5.88. The zero-order valence-electron chi connectivity index (χ0n) is 22.0. The Morgan fingerprint density at radius 1 is 1.09 bits per heavy atom. The van der Waals surface area contributed by atoms with E-state index in [0.29, 0.717) is 28.3 Å².